The number of aliphatic imine (C=N–C) groups is 1. The number of alkyl halides is 4. The summed E-state index contributed by atoms with van der Waals surface area (Å²) in [5.41, 5.74) is 4.88. The zero-order chi connectivity index (χ0) is 32.3. The Kier molecular flexibility index (Phi) is 9.47. The van der Waals surface area contributed by atoms with Crippen LogP contribution in [0, 0.1) is 6.92 Å². The summed E-state index contributed by atoms with van der Waals surface area (Å²) in [6.45, 7) is 8.67. The first-order chi connectivity index (χ1) is 21.4. The van der Waals surface area contributed by atoms with Gasteiger partial charge < -0.3 is 15.0 Å². The number of anilines is 1. The van der Waals surface area contributed by atoms with Crippen molar-refractivity contribution < 1.29 is 27.1 Å². The minimum Gasteiger partial charge on any atom is -0.406 e. The van der Waals surface area contributed by atoms with Crippen molar-refractivity contribution in [2.45, 2.75) is 52.2 Å². The molecule has 1 aromatic heterocycles. The molecule has 2 atom stereocenters. The van der Waals surface area contributed by atoms with Gasteiger partial charge in [-0.25, -0.2) is 18.9 Å². The molecule has 2 amide bonds. The summed E-state index contributed by atoms with van der Waals surface area (Å²) >= 11 is 1.50. The number of rotatable bonds is 8. The van der Waals surface area contributed by atoms with Crippen molar-refractivity contribution in [3.63, 3.8) is 0 Å². The molecule has 8 nitrogen and oxygen atoms in total. The van der Waals surface area contributed by atoms with Crippen LogP contribution in [0.1, 0.15) is 49.6 Å². The first-order valence-corrected chi connectivity index (χ1v) is 15.3. The van der Waals surface area contributed by atoms with Gasteiger partial charge in [0.15, 0.2) is 11.0 Å². The molecule has 1 N–H and O–H groups in total. The molecule has 1 aliphatic heterocycles. The molecule has 0 spiro atoms. The molecule has 45 heavy (non-hydrogen) atoms. The van der Waals surface area contributed by atoms with Gasteiger partial charge in [0, 0.05) is 23.5 Å². The molecule has 13 heteroatoms. The zero-order valence-electron chi connectivity index (χ0n) is 25.0. The molecule has 1 fully saturated rings. The van der Waals surface area contributed by atoms with Gasteiger partial charge in [0.1, 0.15) is 18.2 Å². The number of thioether (sulfide) groups is 1. The maximum atomic E-state index is 15.4. The van der Waals surface area contributed by atoms with Gasteiger partial charge in [-0.3, -0.25) is 0 Å². The second kappa shape index (κ2) is 13.3. The first kappa shape index (κ1) is 32.0. The number of aryl methyl sites for hydroxylation is 1. The number of nitrogens with one attached hydrogen (secondary N) is 1. The molecule has 0 bridgehead atoms. The molecule has 1 aliphatic rings. The quantitative estimate of drug-likeness (QED) is 0.197. The van der Waals surface area contributed by atoms with Crippen LogP contribution >= 0.6 is 11.8 Å². The number of hydrogen-bond acceptors (Lipinski definition) is 5. The van der Waals surface area contributed by atoms with E-state index < -0.39 is 24.6 Å². The van der Waals surface area contributed by atoms with Gasteiger partial charge in [-0.2, -0.15) is 4.99 Å². The lowest BCUT2D eigenvalue weighted by atomic mass is 9.95. The van der Waals surface area contributed by atoms with Crippen molar-refractivity contribution in [1.82, 2.24) is 20.1 Å². The SMILES string of the molecule is Cc1cccc(N2CCS/C2=N\C(=O)NC(C)C(F)c2ccc(-c3ncn(-c4ccc(OC(F)(F)F)cc4)n3)cc2)c1C(C)C. The number of carbonyl (C=O) groups is 1. The summed E-state index contributed by atoms with van der Waals surface area (Å²) in [6.07, 6.45) is -4.85. The first-order valence-electron chi connectivity index (χ1n) is 14.3. The summed E-state index contributed by atoms with van der Waals surface area (Å²) in [5.74, 6) is 1.09. The normalized spacial score (nSPS) is 15.8. The molecular weight excluding hydrogens is 608 g/mol. The van der Waals surface area contributed by atoms with E-state index in [0.717, 1.165) is 18.0 Å². The predicted octanol–water partition coefficient (Wildman–Crippen LogP) is 7.98. The molecule has 3 aromatic carbocycles. The lowest BCUT2D eigenvalue weighted by Crippen LogP contribution is -2.35. The molecule has 2 heterocycles. The summed E-state index contributed by atoms with van der Waals surface area (Å²) in [7, 11) is 0. The standard InChI is InChI=1S/C32H32F4N6O2S/c1-19(2)27-20(3)6-5-7-26(27)41-16-17-45-31(41)39-30(43)38-21(4)28(33)22-8-10-23(11-9-22)29-37-18-42(40-29)24-12-14-25(15-13-24)44-32(34,35)36/h5-15,18-19,21,28H,16-17H2,1-4H3,(H,38,43)/b39-31-. The van der Waals surface area contributed by atoms with Gasteiger partial charge in [0.25, 0.3) is 0 Å². The van der Waals surface area contributed by atoms with Crippen molar-refractivity contribution in [1.29, 1.82) is 0 Å². The molecule has 5 rings (SSSR count). The highest BCUT2D eigenvalue weighted by Gasteiger charge is 2.31. The van der Waals surface area contributed by atoms with Crippen LogP contribution in [0.3, 0.4) is 0 Å². The molecule has 0 saturated carbocycles. The number of carbonyl (C=O) groups excluding carboxylic acids is 1. The van der Waals surface area contributed by atoms with Crippen molar-refractivity contribution in [3.8, 4) is 22.8 Å². The summed E-state index contributed by atoms with van der Waals surface area (Å²) in [4.78, 5) is 23.5. The van der Waals surface area contributed by atoms with Gasteiger partial charge in [-0.15, -0.1) is 18.3 Å². The third kappa shape index (κ3) is 7.64. The smallest absolute Gasteiger partial charge is 0.406 e. The monoisotopic (exact) mass is 640 g/mol. The van der Waals surface area contributed by atoms with Gasteiger partial charge in [-0.1, -0.05) is 62.0 Å². The third-order valence-corrected chi connectivity index (χ3v) is 8.20. The number of aromatic nitrogens is 3. The topological polar surface area (TPSA) is 84.6 Å². The predicted molar refractivity (Wildman–Crippen MR) is 168 cm³/mol. The number of urea groups is 1. The highest BCUT2D eigenvalue weighted by atomic mass is 32.2. The summed E-state index contributed by atoms with van der Waals surface area (Å²) in [5, 5.41) is 7.63. The molecule has 0 radical (unpaired) electrons. The van der Waals surface area contributed by atoms with Gasteiger partial charge in [0.05, 0.1) is 11.7 Å². The highest BCUT2D eigenvalue weighted by Crippen LogP contribution is 2.35. The molecule has 0 aliphatic carbocycles. The van der Waals surface area contributed by atoms with Crippen LogP contribution in [-0.4, -0.2) is 50.7 Å². The number of benzene rings is 3. The van der Waals surface area contributed by atoms with Crippen LogP contribution in [0.5, 0.6) is 5.75 Å². The van der Waals surface area contributed by atoms with Crippen molar-refractivity contribution >= 4 is 28.6 Å². The number of nitrogens with zero attached hydrogens (tertiary/aromatic N) is 5. The molecular formula is C32H32F4N6O2S. The fourth-order valence-corrected chi connectivity index (χ4v) is 6.13. The maximum absolute atomic E-state index is 15.4. The Morgan fingerprint density at radius 1 is 1.04 bits per heavy atom. The zero-order valence-corrected chi connectivity index (χ0v) is 25.9. The second-order valence-corrected chi connectivity index (χ2v) is 11.9. The Hall–Kier alpha value is -4.39. The minimum atomic E-state index is -4.78. The third-order valence-electron chi connectivity index (χ3n) is 7.25. The largest absolute Gasteiger partial charge is 0.573 e. The Balaban J connectivity index is 1.22. The fourth-order valence-electron chi connectivity index (χ4n) is 5.18. The van der Waals surface area contributed by atoms with E-state index in [9.17, 15) is 18.0 Å². The van der Waals surface area contributed by atoms with E-state index in [1.54, 1.807) is 31.2 Å². The average Bonchev–Trinajstić information content (AvgIpc) is 3.66. The van der Waals surface area contributed by atoms with E-state index in [4.69, 9.17) is 0 Å². The van der Waals surface area contributed by atoms with E-state index in [1.165, 1.54) is 58.2 Å². The Bertz CT molecular complexity index is 1670. The van der Waals surface area contributed by atoms with E-state index >= 15 is 4.39 Å². The van der Waals surface area contributed by atoms with Gasteiger partial charge in [0.2, 0.25) is 0 Å². The highest BCUT2D eigenvalue weighted by molar-refractivity contribution is 8.14. The van der Waals surface area contributed by atoms with Crippen LogP contribution in [0.25, 0.3) is 17.1 Å². The Morgan fingerprint density at radius 3 is 2.42 bits per heavy atom. The molecule has 236 valence electrons. The number of hydrogen-bond donors (Lipinski definition) is 1. The van der Waals surface area contributed by atoms with Crippen LogP contribution < -0.4 is 15.0 Å². The molecule has 4 aromatic rings. The fraction of sp³-hybridized carbons (Fsp3) is 0.312. The molecule has 2 unspecified atom stereocenters. The van der Waals surface area contributed by atoms with Crippen molar-refractivity contribution in [2.75, 3.05) is 17.2 Å². The van der Waals surface area contributed by atoms with Crippen LogP contribution in [0.15, 0.2) is 78.0 Å². The number of ether oxygens (including phenoxy) is 1. The molecule has 1 saturated heterocycles. The van der Waals surface area contributed by atoms with Crippen molar-refractivity contribution in [3.05, 3.63) is 89.7 Å². The van der Waals surface area contributed by atoms with E-state index in [2.05, 4.69) is 56.9 Å². The van der Waals surface area contributed by atoms with E-state index in [-0.39, 0.29) is 5.75 Å². The van der Waals surface area contributed by atoms with E-state index in [1.807, 2.05) is 12.1 Å². The summed E-state index contributed by atoms with van der Waals surface area (Å²) in [6, 6.07) is 16.4. The van der Waals surface area contributed by atoms with E-state index in [0.29, 0.717) is 33.7 Å². The maximum Gasteiger partial charge on any atom is 0.573 e. The average molecular weight is 641 g/mol. The Morgan fingerprint density at radius 2 is 1.76 bits per heavy atom. The Labute approximate surface area is 262 Å². The van der Waals surface area contributed by atoms with Crippen LogP contribution in [0.4, 0.5) is 28.0 Å². The minimum absolute atomic E-state index is 0.301. The number of amides is 2. The number of halogens is 4. The lowest BCUT2D eigenvalue weighted by molar-refractivity contribution is -0.274. The summed E-state index contributed by atoms with van der Waals surface area (Å²) < 4.78 is 58.0. The van der Waals surface area contributed by atoms with Crippen LogP contribution in [-0.2, 0) is 0 Å². The second-order valence-electron chi connectivity index (χ2n) is 10.9. The lowest BCUT2D eigenvalue weighted by Gasteiger charge is -2.25. The van der Waals surface area contributed by atoms with Crippen LogP contribution in [0.2, 0.25) is 0 Å². The number of amidine groups is 1. The van der Waals surface area contributed by atoms with Crippen molar-refractivity contribution in [2.24, 2.45) is 4.99 Å². The van der Waals surface area contributed by atoms with Gasteiger partial charge >= 0.3 is 12.4 Å². The van der Waals surface area contributed by atoms with Gasteiger partial charge in [-0.05, 0) is 66.8 Å².